The van der Waals surface area contributed by atoms with Crippen molar-refractivity contribution in [2.45, 2.75) is 77.4 Å². The molecule has 0 unspecified atom stereocenters. The van der Waals surface area contributed by atoms with Crippen molar-refractivity contribution in [3.8, 4) is 0 Å². The second-order valence-corrected chi connectivity index (χ2v) is 12.9. The minimum atomic E-state index is -3.79. The molecular weight excluding hydrogens is 545 g/mol. The fourth-order valence-electron chi connectivity index (χ4n) is 4.76. The van der Waals surface area contributed by atoms with E-state index in [0.29, 0.717) is 27.7 Å². The number of nitrogens with one attached hydrogen (secondary N) is 1. The normalized spacial score (nSPS) is 14.9. The van der Waals surface area contributed by atoms with E-state index in [2.05, 4.69) is 19.2 Å². The topological polar surface area (TPSA) is 86.8 Å². The first-order valence-electron chi connectivity index (χ1n) is 13.0. The Morgan fingerprint density at radius 2 is 1.66 bits per heavy atom. The Labute approximate surface area is 236 Å². The van der Waals surface area contributed by atoms with E-state index in [1.165, 1.54) is 4.90 Å². The van der Waals surface area contributed by atoms with Crippen LogP contribution in [0.5, 0.6) is 0 Å². The molecule has 0 heterocycles. The Bertz CT molecular complexity index is 1230. The van der Waals surface area contributed by atoms with Gasteiger partial charge < -0.3 is 10.2 Å². The standard InChI is InChI=1S/C28H37Cl2N3O4S/c1-5-26(28(35)31-22-8-6-7-9-22)32(17-20-10-15-24(29)25(30)16-20)27(34)18-33(38(4,36)37)23-13-11-21(12-14-23)19(2)3/h10-16,19,22,26H,5-9,17-18H2,1-4H3,(H,31,35)/t26-/m0/s1. The lowest BCUT2D eigenvalue weighted by Gasteiger charge is -2.33. The van der Waals surface area contributed by atoms with Crippen molar-refractivity contribution in [3.63, 3.8) is 0 Å². The van der Waals surface area contributed by atoms with Gasteiger partial charge in [0.1, 0.15) is 12.6 Å². The number of hydrogen-bond donors (Lipinski definition) is 1. The van der Waals surface area contributed by atoms with Gasteiger partial charge in [-0.15, -0.1) is 0 Å². The molecule has 1 N–H and O–H groups in total. The third kappa shape index (κ3) is 7.87. The average Bonchev–Trinajstić information content (AvgIpc) is 3.36. The van der Waals surface area contributed by atoms with Gasteiger partial charge in [-0.1, -0.05) is 75.0 Å². The Morgan fingerprint density at radius 3 is 2.18 bits per heavy atom. The summed E-state index contributed by atoms with van der Waals surface area (Å²) in [4.78, 5) is 28.6. The number of carbonyl (C=O) groups is 2. The summed E-state index contributed by atoms with van der Waals surface area (Å²) in [6, 6.07) is 11.5. The number of nitrogens with zero attached hydrogens (tertiary/aromatic N) is 2. The summed E-state index contributed by atoms with van der Waals surface area (Å²) >= 11 is 12.3. The number of hydrogen-bond acceptors (Lipinski definition) is 4. The number of sulfonamides is 1. The van der Waals surface area contributed by atoms with Crippen LogP contribution in [-0.2, 0) is 26.2 Å². The highest BCUT2D eigenvalue weighted by Gasteiger charge is 2.33. The molecule has 0 aliphatic heterocycles. The van der Waals surface area contributed by atoms with Crippen molar-refractivity contribution < 1.29 is 18.0 Å². The van der Waals surface area contributed by atoms with Crippen molar-refractivity contribution in [2.24, 2.45) is 0 Å². The van der Waals surface area contributed by atoms with Gasteiger partial charge in [0, 0.05) is 12.6 Å². The first-order chi connectivity index (χ1) is 17.9. The van der Waals surface area contributed by atoms with Crippen LogP contribution in [0.1, 0.15) is 69.9 Å². The van der Waals surface area contributed by atoms with Gasteiger partial charge in [0.2, 0.25) is 21.8 Å². The maximum atomic E-state index is 13.8. The van der Waals surface area contributed by atoms with Crippen LogP contribution < -0.4 is 9.62 Å². The summed E-state index contributed by atoms with van der Waals surface area (Å²) in [7, 11) is -3.79. The molecule has 7 nitrogen and oxygen atoms in total. The predicted octanol–water partition coefficient (Wildman–Crippen LogP) is 5.75. The minimum absolute atomic E-state index is 0.0796. The van der Waals surface area contributed by atoms with E-state index >= 15 is 0 Å². The number of amides is 2. The average molecular weight is 583 g/mol. The lowest BCUT2D eigenvalue weighted by atomic mass is 10.0. The number of anilines is 1. The molecule has 1 fully saturated rings. The van der Waals surface area contributed by atoms with Crippen LogP contribution in [0.15, 0.2) is 42.5 Å². The third-order valence-corrected chi connectivity index (χ3v) is 8.83. The van der Waals surface area contributed by atoms with Gasteiger partial charge in [-0.05, 0) is 60.6 Å². The van der Waals surface area contributed by atoms with Gasteiger partial charge in [-0.2, -0.15) is 0 Å². The first kappa shape index (κ1) is 30.3. The molecule has 0 saturated heterocycles. The van der Waals surface area contributed by atoms with Gasteiger partial charge >= 0.3 is 0 Å². The molecule has 0 spiro atoms. The van der Waals surface area contributed by atoms with E-state index in [9.17, 15) is 18.0 Å². The molecule has 0 bridgehead atoms. The van der Waals surface area contributed by atoms with E-state index in [-0.39, 0.29) is 24.4 Å². The van der Waals surface area contributed by atoms with Crippen LogP contribution in [0.25, 0.3) is 0 Å². The highest BCUT2D eigenvalue weighted by Crippen LogP contribution is 2.26. The fraction of sp³-hybridized carbons (Fsp3) is 0.500. The molecule has 3 rings (SSSR count). The van der Waals surface area contributed by atoms with Crippen LogP contribution in [-0.4, -0.2) is 50.0 Å². The molecule has 2 aromatic rings. The van der Waals surface area contributed by atoms with Gasteiger partial charge in [0.15, 0.2) is 0 Å². The molecule has 2 amide bonds. The largest absolute Gasteiger partial charge is 0.352 e. The molecule has 2 aromatic carbocycles. The van der Waals surface area contributed by atoms with Crippen LogP contribution in [0, 0.1) is 0 Å². The highest BCUT2D eigenvalue weighted by molar-refractivity contribution is 7.92. The van der Waals surface area contributed by atoms with Gasteiger partial charge in [0.05, 0.1) is 22.0 Å². The van der Waals surface area contributed by atoms with Gasteiger partial charge in [-0.3, -0.25) is 13.9 Å². The smallest absolute Gasteiger partial charge is 0.244 e. The second-order valence-electron chi connectivity index (χ2n) is 10.2. The van der Waals surface area contributed by atoms with E-state index in [1.54, 1.807) is 30.3 Å². The molecule has 0 aromatic heterocycles. The van der Waals surface area contributed by atoms with Crippen LogP contribution in [0.2, 0.25) is 10.0 Å². The molecule has 1 aliphatic rings. The summed E-state index contributed by atoms with van der Waals surface area (Å²) in [5.41, 5.74) is 2.14. The molecule has 1 saturated carbocycles. The maximum absolute atomic E-state index is 13.8. The second kappa shape index (κ2) is 13.2. The fourth-order valence-corrected chi connectivity index (χ4v) is 5.93. The number of carbonyl (C=O) groups excluding carboxylic acids is 2. The van der Waals surface area contributed by atoms with E-state index in [0.717, 1.165) is 41.8 Å². The van der Waals surface area contributed by atoms with Gasteiger partial charge in [0.25, 0.3) is 0 Å². The molecule has 10 heteroatoms. The van der Waals surface area contributed by atoms with E-state index < -0.39 is 28.5 Å². The zero-order chi connectivity index (χ0) is 28.0. The van der Waals surface area contributed by atoms with Crippen LogP contribution in [0.4, 0.5) is 5.69 Å². The molecule has 1 atom stereocenters. The molecular formula is C28H37Cl2N3O4S. The Hall–Kier alpha value is -2.29. The zero-order valence-electron chi connectivity index (χ0n) is 22.4. The monoisotopic (exact) mass is 581 g/mol. The first-order valence-corrected chi connectivity index (χ1v) is 15.6. The van der Waals surface area contributed by atoms with Crippen molar-refractivity contribution in [1.82, 2.24) is 10.2 Å². The van der Waals surface area contributed by atoms with Crippen molar-refractivity contribution >= 4 is 50.7 Å². The quantitative estimate of drug-likeness (QED) is 0.366. The van der Waals surface area contributed by atoms with Crippen molar-refractivity contribution in [3.05, 3.63) is 63.6 Å². The number of rotatable bonds is 11. The minimum Gasteiger partial charge on any atom is -0.352 e. The number of benzene rings is 2. The highest BCUT2D eigenvalue weighted by atomic mass is 35.5. The van der Waals surface area contributed by atoms with Crippen molar-refractivity contribution in [2.75, 3.05) is 17.1 Å². The summed E-state index contributed by atoms with van der Waals surface area (Å²) in [6.45, 7) is 5.59. The third-order valence-electron chi connectivity index (χ3n) is 6.95. The summed E-state index contributed by atoms with van der Waals surface area (Å²) in [6.07, 6.45) is 5.39. The molecule has 38 heavy (non-hydrogen) atoms. The lowest BCUT2D eigenvalue weighted by Crippen LogP contribution is -2.53. The summed E-state index contributed by atoms with van der Waals surface area (Å²) in [5, 5.41) is 3.81. The maximum Gasteiger partial charge on any atom is 0.244 e. The van der Waals surface area contributed by atoms with Crippen LogP contribution >= 0.6 is 23.2 Å². The van der Waals surface area contributed by atoms with Crippen molar-refractivity contribution in [1.29, 1.82) is 0 Å². The molecule has 1 aliphatic carbocycles. The number of halogens is 2. The molecule has 208 valence electrons. The molecule has 0 radical (unpaired) electrons. The van der Waals surface area contributed by atoms with E-state index in [4.69, 9.17) is 23.2 Å². The van der Waals surface area contributed by atoms with E-state index in [1.807, 2.05) is 19.1 Å². The predicted molar refractivity (Wildman–Crippen MR) is 154 cm³/mol. The zero-order valence-corrected chi connectivity index (χ0v) is 24.7. The lowest BCUT2D eigenvalue weighted by molar-refractivity contribution is -0.140. The Kier molecular flexibility index (Phi) is 10.5. The summed E-state index contributed by atoms with van der Waals surface area (Å²) < 4.78 is 26.7. The summed E-state index contributed by atoms with van der Waals surface area (Å²) in [5.74, 6) is -0.439. The van der Waals surface area contributed by atoms with Gasteiger partial charge in [-0.25, -0.2) is 8.42 Å². The SMILES string of the molecule is CC[C@@H](C(=O)NC1CCCC1)N(Cc1ccc(Cl)c(Cl)c1)C(=O)CN(c1ccc(C(C)C)cc1)S(C)(=O)=O. The Morgan fingerprint density at radius 1 is 1.03 bits per heavy atom. The van der Waals surface area contributed by atoms with Crippen LogP contribution in [0.3, 0.4) is 0 Å². The Balaban J connectivity index is 1.93.